The van der Waals surface area contributed by atoms with Crippen molar-refractivity contribution in [1.29, 1.82) is 0 Å². The molecule has 0 atom stereocenters. The normalized spacial score (nSPS) is 13.6. The summed E-state index contributed by atoms with van der Waals surface area (Å²) in [6, 6.07) is 6.13. The second kappa shape index (κ2) is 12.3. The molecule has 0 aliphatic heterocycles. The molecule has 1 aliphatic rings. The molecule has 0 heterocycles. The van der Waals surface area contributed by atoms with Gasteiger partial charge in [-0.15, -0.1) is 24.8 Å². The maximum Gasteiger partial charge on any atom is -0.147 e. The van der Waals surface area contributed by atoms with Gasteiger partial charge in [0.25, 0.3) is 0 Å². The summed E-state index contributed by atoms with van der Waals surface area (Å²) in [4.78, 5) is 0. The summed E-state index contributed by atoms with van der Waals surface area (Å²) in [6.07, 6.45) is 5.95. The van der Waals surface area contributed by atoms with Crippen LogP contribution in [0.2, 0.25) is 24.7 Å². The number of allylic oxidation sites excluding steroid dienone is 4. The summed E-state index contributed by atoms with van der Waals surface area (Å²) < 4.78 is 15.9. The van der Waals surface area contributed by atoms with Crippen LogP contribution < -0.4 is 3.32 Å². The van der Waals surface area contributed by atoms with Crippen LogP contribution in [0.5, 0.6) is 5.75 Å². The number of rotatable bonds is 7. The first kappa shape index (κ1) is 30.7. The van der Waals surface area contributed by atoms with Crippen LogP contribution in [0.1, 0.15) is 53.0 Å². The first-order valence-electron chi connectivity index (χ1n) is 10.2. The van der Waals surface area contributed by atoms with Gasteiger partial charge in [-0.25, -0.2) is 0 Å². The van der Waals surface area contributed by atoms with Crippen LogP contribution in [0, 0.1) is 0 Å². The van der Waals surface area contributed by atoms with Crippen LogP contribution in [0.3, 0.4) is 0 Å². The van der Waals surface area contributed by atoms with E-state index in [2.05, 4.69) is 73.0 Å². The Labute approximate surface area is 213 Å². The first-order valence-corrected chi connectivity index (χ1v) is 16.2. The molecular formula is C24H37Cl3O2SiTi. The molecule has 2 nitrogen and oxygen atoms in total. The SMILES string of the molecule is C=CCC1=[C]([Ti]([O]c2cc(Cl)cc(C(C)(C)C)c2)=[C](C)C)CC=C1O[Si](C)(C)C.Cl.Cl. The molecule has 0 spiro atoms. The zero-order valence-corrected chi connectivity index (χ0v) is 25.0. The van der Waals surface area contributed by atoms with Crippen molar-refractivity contribution in [3.05, 3.63) is 62.7 Å². The molecule has 0 saturated heterocycles. The Balaban J connectivity index is 0.00000450. The minimum Gasteiger partial charge on any atom is -0.147 e. The van der Waals surface area contributed by atoms with E-state index >= 15 is 0 Å². The van der Waals surface area contributed by atoms with Crippen molar-refractivity contribution >= 4 is 48.5 Å². The maximum atomic E-state index is 6.71. The Morgan fingerprint density at radius 2 is 1.77 bits per heavy atom. The van der Waals surface area contributed by atoms with E-state index in [1.165, 1.54) is 18.8 Å². The van der Waals surface area contributed by atoms with Gasteiger partial charge in [0, 0.05) is 0 Å². The van der Waals surface area contributed by atoms with Crippen LogP contribution in [-0.2, 0) is 27.6 Å². The third-order valence-corrected chi connectivity index (χ3v) is 9.40. The van der Waals surface area contributed by atoms with Crippen molar-refractivity contribution in [3.8, 4) is 5.75 Å². The molecule has 0 aromatic heterocycles. The zero-order chi connectivity index (χ0) is 22.0. The molecule has 0 N–H and O–H groups in total. The molecule has 0 unspecified atom stereocenters. The van der Waals surface area contributed by atoms with Gasteiger partial charge in [0.1, 0.15) is 0 Å². The van der Waals surface area contributed by atoms with Crippen molar-refractivity contribution in [2.75, 3.05) is 0 Å². The number of hydrogen-bond donors (Lipinski definition) is 0. The Morgan fingerprint density at radius 1 is 1.16 bits per heavy atom. The molecule has 174 valence electrons. The van der Waals surface area contributed by atoms with Crippen molar-refractivity contribution in [1.82, 2.24) is 0 Å². The van der Waals surface area contributed by atoms with Gasteiger partial charge in [-0.2, -0.15) is 0 Å². The molecule has 1 aromatic carbocycles. The molecule has 0 saturated carbocycles. The van der Waals surface area contributed by atoms with E-state index in [-0.39, 0.29) is 30.2 Å². The van der Waals surface area contributed by atoms with Gasteiger partial charge in [-0.1, -0.05) is 0 Å². The fourth-order valence-electron chi connectivity index (χ4n) is 3.26. The summed E-state index contributed by atoms with van der Waals surface area (Å²) in [6.45, 7) is 21.6. The topological polar surface area (TPSA) is 18.5 Å². The van der Waals surface area contributed by atoms with Gasteiger partial charge in [-0.3, -0.25) is 0 Å². The van der Waals surface area contributed by atoms with Crippen LogP contribution in [-0.4, -0.2) is 12.1 Å². The Hall–Kier alpha value is -0.289. The van der Waals surface area contributed by atoms with Gasteiger partial charge in [0.2, 0.25) is 0 Å². The summed E-state index contributed by atoms with van der Waals surface area (Å²) >= 11 is 4.29. The standard InChI is InChI=1S/C11H17OSi.C10H13ClO.C3H6.2ClH.Ti/c1-5-7-10-8-6-9-11(10)12-13(2,3)4;1-10(2,3)7-4-8(11)6-9(12)5-7;1-3-2;;;/h5,9H,1,6-7H2,2-4H3;4-6,12H,1-3H3;1-2H3;2*1H;/q;;;;;+1/p-1. The monoisotopic (exact) mass is 538 g/mol. The molecule has 0 fully saturated rings. The third kappa shape index (κ3) is 8.87. The summed E-state index contributed by atoms with van der Waals surface area (Å²) in [7, 11) is -1.68. The molecule has 31 heavy (non-hydrogen) atoms. The predicted molar refractivity (Wildman–Crippen MR) is 141 cm³/mol. The van der Waals surface area contributed by atoms with Gasteiger partial charge in [0.05, 0.1) is 0 Å². The second-order valence-electron chi connectivity index (χ2n) is 9.79. The summed E-state index contributed by atoms with van der Waals surface area (Å²) in [5.41, 5.74) is 2.50. The Morgan fingerprint density at radius 3 is 2.26 bits per heavy atom. The van der Waals surface area contributed by atoms with Crippen molar-refractivity contribution in [2.24, 2.45) is 0 Å². The van der Waals surface area contributed by atoms with Gasteiger partial charge < -0.3 is 0 Å². The van der Waals surface area contributed by atoms with E-state index in [1.54, 1.807) is 0 Å². The number of hydrogen-bond acceptors (Lipinski definition) is 2. The van der Waals surface area contributed by atoms with E-state index in [0.29, 0.717) is 0 Å². The largest absolute Gasteiger partial charge is 0.147 e. The van der Waals surface area contributed by atoms with E-state index in [4.69, 9.17) is 19.3 Å². The molecule has 0 amide bonds. The van der Waals surface area contributed by atoms with Crippen molar-refractivity contribution in [2.45, 2.75) is 72.5 Å². The minimum absolute atomic E-state index is 0. The summed E-state index contributed by atoms with van der Waals surface area (Å²) in [5.74, 6) is 1.93. The van der Waals surface area contributed by atoms with Crippen LogP contribution in [0.4, 0.5) is 0 Å². The van der Waals surface area contributed by atoms with Gasteiger partial charge in [0.15, 0.2) is 0 Å². The fourth-order valence-corrected chi connectivity index (χ4v) is 7.58. The second-order valence-corrected chi connectivity index (χ2v) is 18.5. The zero-order valence-electron chi connectivity index (χ0n) is 20.0. The van der Waals surface area contributed by atoms with Crippen molar-refractivity contribution in [3.63, 3.8) is 0 Å². The maximum absolute atomic E-state index is 6.71. The quantitative estimate of drug-likeness (QED) is 0.255. The first-order chi connectivity index (χ1) is 13.3. The van der Waals surface area contributed by atoms with Crippen molar-refractivity contribution < 1.29 is 25.5 Å². The average molecular weight is 540 g/mol. The van der Waals surface area contributed by atoms with Gasteiger partial charge in [-0.05, 0) is 0 Å². The molecule has 7 heteroatoms. The predicted octanol–water partition coefficient (Wildman–Crippen LogP) is 8.57. The van der Waals surface area contributed by atoms with E-state index in [0.717, 1.165) is 29.4 Å². The molecule has 2 rings (SSSR count). The third-order valence-electron chi connectivity index (χ3n) is 4.60. The fraction of sp³-hybridized carbons (Fsp3) is 0.458. The van der Waals surface area contributed by atoms with Crippen LogP contribution in [0.25, 0.3) is 0 Å². The number of benzene rings is 1. The van der Waals surface area contributed by atoms with E-state index in [1.807, 2.05) is 18.2 Å². The van der Waals surface area contributed by atoms with Gasteiger partial charge >= 0.3 is 190 Å². The van der Waals surface area contributed by atoms with E-state index < -0.39 is 26.1 Å². The Bertz CT molecular complexity index is 887. The minimum atomic E-state index is -2.14. The molecular weight excluding hydrogens is 503 g/mol. The average Bonchev–Trinajstić information content (AvgIpc) is 2.92. The molecule has 1 aliphatic carbocycles. The van der Waals surface area contributed by atoms with Crippen LogP contribution >= 0.6 is 36.4 Å². The molecule has 1 aromatic rings. The molecule has 0 radical (unpaired) electrons. The summed E-state index contributed by atoms with van der Waals surface area (Å²) in [5, 5.41) is 0.728. The Kier molecular flexibility index (Phi) is 12.1. The smallest absolute Gasteiger partial charge is 0.147 e. The van der Waals surface area contributed by atoms with E-state index in [9.17, 15) is 0 Å². The van der Waals surface area contributed by atoms with Crippen LogP contribution in [0.15, 0.2) is 52.1 Å². The molecule has 0 bridgehead atoms. The number of halogens is 3.